The second-order valence-corrected chi connectivity index (χ2v) is 3.70. The number of hydrogen-bond donors (Lipinski definition) is 2. The first kappa shape index (κ1) is 8.06. The molecule has 0 atom stereocenters. The molecule has 6 heteroatoms. The minimum Gasteiger partial charge on any atom is -0.270 e. The molecule has 1 aliphatic rings. The van der Waals surface area contributed by atoms with Gasteiger partial charge in [-0.15, -0.1) is 0 Å². The van der Waals surface area contributed by atoms with Crippen molar-refractivity contribution >= 4 is 16.1 Å². The molecule has 0 saturated carbocycles. The predicted octanol–water partition coefficient (Wildman–Crippen LogP) is -0.756. The summed E-state index contributed by atoms with van der Waals surface area (Å²) in [6.07, 6.45) is 0. The number of carbonyl (C=O) groups excluding carboxylic acids is 1. The number of amides is 1. The summed E-state index contributed by atoms with van der Waals surface area (Å²) < 4.78 is 25.4. The Labute approximate surface area is 64.7 Å². The Kier molecular flexibility index (Phi) is 1.63. The molecule has 5 nitrogen and oxygen atoms in total. The molecule has 0 aromatic heterocycles. The maximum absolute atomic E-state index is 10.8. The second-order valence-electron chi connectivity index (χ2n) is 2.29. The normalized spacial score (nSPS) is 22.5. The maximum atomic E-state index is 10.8. The number of rotatable bonds is 0. The van der Waals surface area contributed by atoms with Crippen LogP contribution in [0, 0.1) is 0 Å². The molecule has 0 unspecified atom stereocenters. The van der Waals surface area contributed by atoms with E-state index in [1.165, 1.54) is 6.92 Å². The second kappa shape index (κ2) is 2.23. The van der Waals surface area contributed by atoms with E-state index in [-0.39, 0.29) is 0 Å². The Morgan fingerprint density at radius 1 is 1.18 bits per heavy atom. The van der Waals surface area contributed by atoms with Crippen LogP contribution in [-0.4, -0.2) is 14.3 Å². The first-order chi connectivity index (χ1) is 4.92. The molecule has 62 valence electrons. The third-order valence-corrected chi connectivity index (χ3v) is 2.45. The highest BCUT2D eigenvalue weighted by atomic mass is 32.2. The van der Waals surface area contributed by atoms with Crippen LogP contribution in [0.4, 0.5) is 0 Å². The summed E-state index contributed by atoms with van der Waals surface area (Å²) in [4.78, 5) is 10.8. The van der Waals surface area contributed by atoms with Crippen molar-refractivity contribution in [3.8, 4) is 0 Å². The van der Waals surface area contributed by atoms with Crippen LogP contribution in [0.1, 0.15) is 13.8 Å². The Balaban J connectivity index is 3.14. The van der Waals surface area contributed by atoms with Crippen molar-refractivity contribution in [3.63, 3.8) is 0 Å². The molecule has 1 amide bonds. The van der Waals surface area contributed by atoms with Crippen molar-refractivity contribution < 1.29 is 13.2 Å². The zero-order valence-corrected chi connectivity index (χ0v) is 6.95. The molecule has 0 aliphatic carbocycles. The van der Waals surface area contributed by atoms with Crippen LogP contribution in [0.15, 0.2) is 11.3 Å². The average molecular weight is 176 g/mol. The quantitative estimate of drug-likeness (QED) is 0.509. The third-order valence-electron chi connectivity index (χ3n) is 1.42. The topological polar surface area (TPSA) is 75.3 Å². The maximum Gasteiger partial charge on any atom is 0.323 e. The summed E-state index contributed by atoms with van der Waals surface area (Å²) in [5.41, 5.74) is 0.758. The number of nitrogens with one attached hydrogen (secondary N) is 2. The van der Waals surface area contributed by atoms with Gasteiger partial charge in [0.05, 0.1) is 0 Å². The molecule has 0 aromatic rings. The third kappa shape index (κ3) is 1.51. The minimum atomic E-state index is -3.62. The van der Waals surface area contributed by atoms with E-state index in [1.54, 1.807) is 11.6 Å². The largest absolute Gasteiger partial charge is 0.323 e. The van der Waals surface area contributed by atoms with Gasteiger partial charge in [0, 0.05) is 11.3 Å². The van der Waals surface area contributed by atoms with Gasteiger partial charge < -0.3 is 0 Å². The van der Waals surface area contributed by atoms with Crippen LogP contribution in [0.25, 0.3) is 0 Å². The summed E-state index contributed by atoms with van der Waals surface area (Å²) in [7, 11) is -3.62. The molecule has 0 bridgehead atoms. The SMILES string of the molecule is CC1=C(C)C(=O)NS(=O)(=O)N1. The van der Waals surface area contributed by atoms with Crippen molar-refractivity contribution in [2.24, 2.45) is 0 Å². The van der Waals surface area contributed by atoms with Gasteiger partial charge in [-0.3, -0.25) is 9.52 Å². The molecule has 0 fully saturated rings. The predicted molar refractivity (Wildman–Crippen MR) is 38.6 cm³/mol. The lowest BCUT2D eigenvalue weighted by molar-refractivity contribution is -0.116. The molecular weight excluding hydrogens is 168 g/mol. The van der Waals surface area contributed by atoms with Crippen molar-refractivity contribution in [1.82, 2.24) is 9.44 Å². The smallest absolute Gasteiger partial charge is 0.270 e. The average Bonchev–Trinajstić information content (AvgIpc) is 1.81. The fourth-order valence-corrected chi connectivity index (χ4v) is 1.68. The van der Waals surface area contributed by atoms with Crippen molar-refractivity contribution in [1.29, 1.82) is 0 Å². The molecule has 0 aromatic carbocycles. The molecule has 11 heavy (non-hydrogen) atoms. The zero-order chi connectivity index (χ0) is 8.65. The van der Waals surface area contributed by atoms with E-state index in [0.717, 1.165) is 0 Å². The van der Waals surface area contributed by atoms with E-state index < -0.39 is 16.1 Å². The number of allylic oxidation sites excluding steroid dienone is 1. The van der Waals surface area contributed by atoms with Gasteiger partial charge in [-0.2, -0.15) is 8.42 Å². The highest BCUT2D eigenvalue weighted by Gasteiger charge is 2.22. The number of carbonyl (C=O) groups is 1. The fraction of sp³-hybridized carbons (Fsp3) is 0.400. The summed E-state index contributed by atoms with van der Waals surface area (Å²) in [6, 6.07) is 0. The van der Waals surface area contributed by atoms with Crippen molar-refractivity contribution in [2.75, 3.05) is 0 Å². The van der Waals surface area contributed by atoms with Gasteiger partial charge in [0.2, 0.25) is 0 Å². The minimum absolute atomic E-state index is 0.369. The standard InChI is InChI=1S/C5H8N2O3S/c1-3-4(2)6-11(9,10)7-5(3)8/h6H,1-2H3,(H,7,8). The lowest BCUT2D eigenvalue weighted by Crippen LogP contribution is -2.45. The highest BCUT2D eigenvalue weighted by molar-refractivity contribution is 7.88. The molecule has 1 heterocycles. The molecule has 1 aliphatic heterocycles. The van der Waals surface area contributed by atoms with E-state index in [9.17, 15) is 13.2 Å². The molecule has 0 spiro atoms. The Morgan fingerprint density at radius 2 is 1.73 bits per heavy atom. The van der Waals surface area contributed by atoms with Gasteiger partial charge in [-0.05, 0) is 13.8 Å². The van der Waals surface area contributed by atoms with Crippen LogP contribution < -0.4 is 9.44 Å². The van der Waals surface area contributed by atoms with Gasteiger partial charge in [0.15, 0.2) is 0 Å². The van der Waals surface area contributed by atoms with Crippen LogP contribution in [0.2, 0.25) is 0 Å². The van der Waals surface area contributed by atoms with E-state index in [2.05, 4.69) is 4.72 Å². The van der Waals surface area contributed by atoms with Gasteiger partial charge >= 0.3 is 10.2 Å². The van der Waals surface area contributed by atoms with Crippen LogP contribution >= 0.6 is 0 Å². The van der Waals surface area contributed by atoms with Crippen LogP contribution in [0.3, 0.4) is 0 Å². The zero-order valence-electron chi connectivity index (χ0n) is 6.13. The lowest BCUT2D eigenvalue weighted by atomic mass is 10.2. The monoisotopic (exact) mass is 176 g/mol. The summed E-state index contributed by atoms with van der Waals surface area (Å²) in [6.45, 7) is 3.08. The van der Waals surface area contributed by atoms with Crippen molar-refractivity contribution in [2.45, 2.75) is 13.8 Å². The first-order valence-corrected chi connectivity index (χ1v) is 4.43. The molecule has 0 saturated heterocycles. The van der Waals surface area contributed by atoms with Gasteiger partial charge in [-0.25, -0.2) is 4.72 Å². The van der Waals surface area contributed by atoms with Gasteiger partial charge in [-0.1, -0.05) is 0 Å². The lowest BCUT2D eigenvalue weighted by Gasteiger charge is -2.16. The van der Waals surface area contributed by atoms with Crippen LogP contribution in [-0.2, 0) is 15.0 Å². The fourth-order valence-electron chi connectivity index (χ4n) is 0.672. The Bertz CT molecular complexity index is 328. The Hall–Kier alpha value is -1.04. The van der Waals surface area contributed by atoms with E-state index in [1.807, 2.05) is 0 Å². The first-order valence-electron chi connectivity index (χ1n) is 2.95. The van der Waals surface area contributed by atoms with Crippen LogP contribution in [0.5, 0.6) is 0 Å². The Morgan fingerprint density at radius 3 is 2.18 bits per heavy atom. The molecule has 0 radical (unpaired) electrons. The molecular formula is C5H8N2O3S. The molecule has 2 N–H and O–H groups in total. The molecule has 1 rings (SSSR count). The van der Waals surface area contributed by atoms with Gasteiger partial charge in [0.25, 0.3) is 5.91 Å². The highest BCUT2D eigenvalue weighted by Crippen LogP contribution is 2.06. The van der Waals surface area contributed by atoms with Gasteiger partial charge in [0.1, 0.15) is 0 Å². The summed E-state index contributed by atoms with van der Waals surface area (Å²) >= 11 is 0. The van der Waals surface area contributed by atoms with Crippen molar-refractivity contribution in [3.05, 3.63) is 11.3 Å². The number of hydrogen-bond acceptors (Lipinski definition) is 3. The summed E-state index contributed by atoms with van der Waals surface area (Å²) in [5, 5.41) is 0. The van der Waals surface area contributed by atoms with E-state index >= 15 is 0 Å². The van der Waals surface area contributed by atoms with E-state index in [0.29, 0.717) is 11.3 Å². The summed E-state index contributed by atoms with van der Waals surface area (Å²) in [5.74, 6) is -0.568. The van der Waals surface area contributed by atoms with E-state index in [4.69, 9.17) is 0 Å².